The van der Waals surface area contributed by atoms with Gasteiger partial charge in [0.15, 0.2) is 18.1 Å². The summed E-state index contributed by atoms with van der Waals surface area (Å²) in [6.07, 6.45) is 1.25. The molecular formula is C11H12Br2N2O4. The Balaban J connectivity index is 3.26. The van der Waals surface area contributed by atoms with Gasteiger partial charge in [-0.25, -0.2) is 0 Å². The number of ether oxygens (including phenoxy) is 2. The van der Waals surface area contributed by atoms with Crippen molar-refractivity contribution in [2.75, 3.05) is 13.2 Å². The predicted octanol–water partition coefficient (Wildman–Crippen LogP) is 2.28. The number of rotatable bonds is 6. The molecule has 0 aromatic heterocycles. The van der Waals surface area contributed by atoms with Crippen LogP contribution in [0.3, 0.4) is 0 Å². The number of oxime groups is 1. The second kappa shape index (κ2) is 7.34. The number of hydrogen-bond donors (Lipinski definition) is 2. The van der Waals surface area contributed by atoms with Gasteiger partial charge in [-0.2, -0.15) is 0 Å². The van der Waals surface area contributed by atoms with E-state index < -0.39 is 5.91 Å². The first-order valence-corrected chi connectivity index (χ1v) is 6.83. The molecule has 0 heterocycles. The second-order valence-corrected chi connectivity index (χ2v) is 4.94. The van der Waals surface area contributed by atoms with E-state index in [-0.39, 0.29) is 6.61 Å². The molecule has 0 aliphatic rings. The number of nitrogens with zero attached hydrogens (tertiary/aromatic N) is 1. The molecule has 0 radical (unpaired) electrons. The zero-order valence-electron chi connectivity index (χ0n) is 10.0. The first-order valence-electron chi connectivity index (χ1n) is 5.24. The summed E-state index contributed by atoms with van der Waals surface area (Å²) in [5.74, 6) is 0.169. The molecule has 0 atom stereocenters. The summed E-state index contributed by atoms with van der Waals surface area (Å²) in [5, 5.41) is 11.6. The number of halogens is 2. The average Bonchev–Trinajstić information content (AvgIpc) is 2.35. The highest BCUT2D eigenvalue weighted by Gasteiger charge is 2.17. The van der Waals surface area contributed by atoms with Gasteiger partial charge in [-0.15, -0.1) is 0 Å². The van der Waals surface area contributed by atoms with Crippen LogP contribution in [0.1, 0.15) is 12.5 Å². The number of primary amides is 1. The van der Waals surface area contributed by atoms with Crippen molar-refractivity contribution < 1.29 is 19.5 Å². The number of carbonyl (C=O) groups is 1. The quantitative estimate of drug-likeness (QED) is 0.439. The van der Waals surface area contributed by atoms with Gasteiger partial charge in [-0.1, -0.05) is 5.16 Å². The molecule has 1 aromatic carbocycles. The third-order valence-electron chi connectivity index (χ3n) is 2.01. The number of amides is 1. The van der Waals surface area contributed by atoms with Gasteiger partial charge in [-0.05, 0) is 44.8 Å². The van der Waals surface area contributed by atoms with E-state index >= 15 is 0 Å². The average molecular weight is 396 g/mol. The van der Waals surface area contributed by atoms with Crippen molar-refractivity contribution in [2.45, 2.75) is 6.92 Å². The Bertz CT molecular complexity index is 506. The summed E-state index contributed by atoms with van der Waals surface area (Å²) in [5.41, 5.74) is 5.63. The lowest BCUT2D eigenvalue weighted by Gasteiger charge is -2.15. The molecule has 1 rings (SSSR count). The van der Waals surface area contributed by atoms with Gasteiger partial charge in [0, 0.05) is 10.0 Å². The molecule has 6 nitrogen and oxygen atoms in total. The van der Waals surface area contributed by atoms with Gasteiger partial charge in [0.05, 0.1) is 17.3 Å². The maximum atomic E-state index is 10.8. The van der Waals surface area contributed by atoms with E-state index in [0.717, 1.165) is 0 Å². The number of nitrogens with two attached hydrogens (primary N) is 1. The first kappa shape index (κ1) is 15.8. The van der Waals surface area contributed by atoms with Crippen molar-refractivity contribution >= 4 is 44.0 Å². The summed E-state index contributed by atoms with van der Waals surface area (Å²) in [6, 6.07) is 1.62. The maximum Gasteiger partial charge on any atom is 0.255 e. The van der Waals surface area contributed by atoms with Crippen molar-refractivity contribution in [3.63, 3.8) is 0 Å². The second-order valence-electron chi connectivity index (χ2n) is 3.35. The lowest BCUT2D eigenvalue weighted by atomic mass is 10.2. The van der Waals surface area contributed by atoms with Crippen LogP contribution in [0.2, 0.25) is 0 Å². The minimum Gasteiger partial charge on any atom is -0.490 e. The zero-order valence-corrected chi connectivity index (χ0v) is 13.2. The van der Waals surface area contributed by atoms with Crippen LogP contribution in [0, 0.1) is 0 Å². The maximum absolute atomic E-state index is 10.8. The van der Waals surface area contributed by atoms with Gasteiger partial charge in [0.25, 0.3) is 5.91 Å². The molecule has 0 aliphatic carbocycles. The predicted molar refractivity (Wildman–Crippen MR) is 77.1 cm³/mol. The van der Waals surface area contributed by atoms with Crippen LogP contribution in [0.25, 0.3) is 0 Å². The fourth-order valence-electron chi connectivity index (χ4n) is 1.30. The highest BCUT2D eigenvalue weighted by molar-refractivity contribution is 9.13. The van der Waals surface area contributed by atoms with E-state index in [0.29, 0.717) is 32.6 Å². The molecule has 0 aliphatic heterocycles. The van der Waals surface area contributed by atoms with E-state index in [1.54, 1.807) is 6.07 Å². The molecule has 8 heteroatoms. The standard InChI is InChI=1S/C11H12Br2N2O4/c1-2-18-7-3-6(4-15-17)9(12)10(13)11(7)19-5-8(14)16/h3-4,17H,2,5H2,1H3,(H2,14,16). The fraction of sp³-hybridized carbons (Fsp3) is 0.273. The normalized spacial score (nSPS) is 10.7. The molecule has 0 fully saturated rings. The van der Waals surface area contributed by atoms with E-state index in [4.69, 9.17) is 20.4 Å². The molecule has 0 spiro atoms. The highest BCUT2D eigenvalue weighted by Crippen LogP contribution is 2.42. The van der Waals surface area contributed by atoms with E-state index in [1.807, 2.05) is 6.92 Å². The topological polar surface area (TPSA) is 94.1 Å². The van der Waals surface area contributed by atoms with Crippen LogP contribution in [-0.4, -0.2) is 30.5 Å². The number of benzene rings is 1. The molecule has 104 valence electrons. The fourth-order valence-corrected chi connectivity index (χ4v) is 2.24. The molecule has 19 heavy (non-hydrogen) atoms. The summed E-state index contributed by atoms with van der Waals surface area (Å²) in [4.78, 5) is 10.8. The van der Waals surface area contributed by atoms with Gasteiger partial charge in [0.1, 0.15) is 0 Å². The highest BCUT2D eigenvalue weighted by atomic mass is 79.9. The smallest absolute Gasteiger partial charge is 0.255 e. The van der Waals surface area contributed by atoms with E-state index in [2.05, 4.69) is 37.0 Å². The van der Waals surface area contributed by atoms with Crippen molar-refractivity contribution in [2.24, 2.45) is 10.9 Å². The van der Waals surface area contributed by atoms with Gasteiger partial charge >= 0.3 is 0 Å². The monoisotopic (exact) mass is 394 g/mol. The largest absolute Gasteiger partial charge is 0.490 e. The Morgan fingerprint density at radius 3 is 2.68 bits per heavy atom. The van der Waals surface area contributed by atoms with Crippen LogP contribution in [0.5, 0.6) is 11.5 Å². The Kier molecular flexibility index (Phi) is 6.10. The Labute approximate surface area is 126 Å². The summed E-state index contributed by atoms with van der Waals surface area (Å²) >= 11 is 6.65. The van der Waals surface area contributed by atoms with Crippen LogP contribution >= 0.6 is 31.9 Å². The van der Waals surface area contributed by atoms with Crippen molar-refractivity contribution in [1.29, 1.82) is 0 Å². The number of hydrogen-bond acceptors (Lipinski definition) is 5. The molecule has 0 unspecified atom stereocenters. The van der Waals surface area contributed by atoms with Gasteiger partial charge in [-0.3, -0.25) is 4.79 Å². The summed E-state index contributed by atoms with van der Waals surface area (Å²) in [6.45, 7) is 1.96. The van der Waals surface area contributed by atoms with E-state index in [9.17, 15) is 4.79 Å². The lowest BCUT2D eigenvalue weighted by molar-refractivity contribution is -0.119. The van der Waals surface area contributed by atoms with Crippen molar-refractivity contribution in [3.8, 4) is 11.5 Å². The molecule has 1 aromatic rings. The van der Waals surface area contributed by atoms with Crippen LogP contribution in [-0.2, 0) is 4.79 Å². The van der Waals surface area contributed by atoms with Gasteiger partial charge in [0.2, 0.25) is 0 Å². The zero-order chi connectivity index (χ0) is 14.4. The molecule has 0 bridgehead atoms. The van der Waals surface area contributed by atoms with E-state index in [1.165, 1.54) is 6.21 Å². The Hall–Kier alpha value is -1.28. The lowest BCUT2D eigenvalue weighted by Crippen LogP contribution is -2.20. The Morgan fingerprint density at radius 2 is 2.16 bits per heavy atom. The minimum absolute atomic E-state index is 0.265. The van der Waals surface area contributed by atoms with Gasteiger partial charge < -0.3 is 20.4 Å². The third kappa shape index (κ3) is 4.10. The van der Waals surface area contributed by atoms with Crippen molar-refractivity contribution in [1.82, 2.24) is 0 Å². The number of carbonyl (C=O) groups excluding carboxylic acids is 1. The first-order chi connectivity index (χ1) is 9.01. The molecule has 0 saturated heterocycles. The molecule has 1 amide bonds. The molecule has 3 N–H and O–H groups in total. The molecular weight excluding hydrogens is 384 g/mol. The third-order valence-corrected chi connectivity index (χ3v) is 4.15. The summed E-state index contributed by atoms with van der Waals surface area (Å²) in [7, 11) is 0. The Morgan fingerprint density at radius 1 is 1.47 bits per heavy atom. The van der Waals surface area contributed by atoms with Crippen LogP contribution in [0.4, 0.5) is 0 Å². The van der Waals surface area contributed by atoms with Crippen LogP contribution < -0.4 is 15.2 Å². The van der Waals surface area contributed by atoms with Crippen molar-refractivity contribution in [3.05, 3.63) is 20.6 Å². The molecule has 0 saturated carbocycles. The van der Waals surface area contributed by atoms with Crippen LogP contribution in [0.15, 0.2) is 20.2 Å². The SMILES string of the molecule is CCOc1cc(C=NO)c(Br)c(Br)c1OCC(N)=O. The minimum atomic E-state index is -0.591. The summed E-state index contributed by atoms with van der Waals surface area (Å²) < 4.78 is 11.9.